The monoisotopic (exact) mass is 263 g/mol. The van der Waals surface area contributed by atoms with E-state index in [-0.39, 0.29) is 6.03 Å². The van der Waals surface area contributed by atoms with E-state index in [0.29, 0.717) is 23.0 Å². The minimum absolute atomic E-state index is 0.0872. The number of urea groups is 1. The molecule has 0 atom stereocenters. The predicted octanol–water partition coefficient (Wildman–Crippen LogP) is 2.54. The highest BCUT2D eigenvalue weighted by Gasteiger charge is 2.21. The van der Waals surface area contributed by atoms with E-state index in [1.54, 1.807) is 25.3 Å². The van der Waals surface area contributed by atoms with Crippen molar-refractivity contribution in [1.82, 2.24) is 4.90 Å². The van der Waals surface area contributed by atoms with Crippen LogP contribution in [0.1, 0.15) is 19.8 Å². The highest BCUT2D eigenvalue weighted by Crippen LogP contribution is 2.27. The zero-order chi connectivity index (χ0) is 13.8. The summed E-state index contributed by atoms with van der Waals surface area (Å²) in [6.45, 7) is 3.82. The molecule has 0 radical (unpaired) electrons. The predicted molar refractivity (Wildman–Crippen MR) is 76.4 cm³/mol. The Hall–Kier alpha value is -1.91. The van der Waals surface area contributed by atoms with Crippen molar-refractivity contribution in [3.63, 3.8) is 0 Å². The van der Waals surface area contributed by atoms with Crippen LogP contribution in [0.2, 0.25) is 0 Å². The molecule has 2 rings (SSSR count). The number of likely N-dealkylation sites (tertiary alicyclic amines) is 1. The van der Waals surface area contributed by atoms with E-state index in [9.17, 15) is 4.79 Å². The molecular formula is C14H21N3O2. The molecule has 3 N–H and O–H groups in total. The number of anilines is 2. The van der Waals surface area contributed by atoms with Crippen LogP contribution < -0.4 is 15.8 Å². The molecule has 0 aromatic heterocycles. The SMILES string of the molecule is COc1ccc(N)cc1NC(=O)N1CCC(C)CC1. The molecule has 1 heterocycles. The highest BCUT2D eigenvalue weighted by molar-refractivity contribution is 5.91. The summed E-state index contributed by atoms with van der Waals surface area (Å²) < 4.78 is 5.22. The topological polar surface area (TPSA) is 67.6 Å². The van der Waals surface area contributed by atoms with E-state index in [4.69, 9.17) is 10.5 Å². The van der Waals surface area contributed by atoms with E-state index >= 15 is 0 Å². The summed E-state index contributed by atoms with van der Waals surface area (Å²) in [5.74, 6) is 1.32. The number of methoxy groups -OCH3 is 1. The van der Waals surface area contributed by atoms with Crippen LogP contribution in [-0.2, 0) is 0 Å². The average molecular weight is 263 g/mol. The van der Waals surface area contributed by atoms with Crippen LogP contribution in [0.5, 0.6) is 5.75 Å². The van der Waals surface area contributed by atoms with Gasteiger partial charge in [0.1, 0.15) is 5.75 Å². The number of piperidine rings is 1. The summed E-state index contributed by atoms with van der Waals surface area (Å²) in [5, 5.41) is 2.87. The van der Waals surface area contributed by atoms with Crippen LogP contribution >= 0.6 is 0 Å². The van der Waals surface area contributed by atoms with Crippen LogP contribution in [0.25, 0.3) is 0 Å². The van der Waals surface area contributed by atoms with Crippen molar-refractivity contribution in [3.05, 3.63) is 18.2 Å². The molecule has 0 aliphatic carbocycles. The van der Waals surface area contributed by atoms with E-state index in [0.717, 1.165) is 25.9 Å². The third-order valence-corrected chi connectivity index (χ3v) is 3.54. The number of nitrogens with one attached hydrogen (secondary N) is 1. The molecule has 5 heteroatoms. The van der Waals surface area contributed by atoms with Crippen molar-refractivity contribution in [2.75, 3.05) is 31.2 Å². The maximum atomic E-state index is 12.2. The lowest BCUT2D eigenvalue weighted by Crippen LogP contribution is -2.40. The summed E-state index contributed by atoms with van der Waals surface area (Å²) in [6, 6.07) is 5.12. The molecule has 1 aromatic rings. The molecule has 1 aliphatic rings. The first-order valence-electron chi connectivity index (χ1n) is 6.59. The van der Waals surface area contributed by atoms with Crippen molar-refractivity contribution in [1.29, 1.82) is 0 Å². The molecule has 0 unspecified atom stereocenters. The van der Waals surface area contributed by atoms with Crippen LogP contribution in [0.3, 0.4) is 0 Å². The molecule has 0 saturated carbocycles. The van der Waals surface area contributed by atoms with Gasteiger partial charge in [-0.05, 0) is 37.0 Å². The largest absolute Gasteiger partial charge is 0.495 e. The lowest BCUT2D eigenvalue weighted by molar-refractivity contribution is 0.186. The first-order valence-corrected chi connectivity index (χ1v) is 6.59. The molecule has 19 heavy (non-hydrogen) atoms. The number of carbonyl (C=O) groups is 1. The van der Waals surface area contributed by atoms with Crippen LogP contribution in [0, 0.1) is 5.92 Å². The van der Waals surface area contributed by atoms with Crippen molar-refractivity contribution in [2.24, 2.45) is 5.92 Å². The maximum absolute atomic E-state index is 12.2. The van der Waals surface area contributed by atoms with Gasteiger partial charge in [-0.25, -0.2) is 4.79 Å². The zero-order valence-corrected chi connectivity index (χ0v) is 11.5. The second-order valence-electron chi connectivity index (χ2n) is 5.06. The Morgan fingerprint density at radius 3 is 2.74 bits per heavy atom. The number of hydrogen-bond donors (Lipinski definition) is 2. The van der Waals surface area contributed by atoms with Gasteiger partial charge in [0.2, 0.25) is 0 Å². The van der Waals surface area contributed by atoms with Gasteiger partial charge in [-0.1, -0.05) is 6.92 Å². The average Bonchev–Trinajstić information content (AvgIpc) is 2.39. The fourth-order valence-corrected chi connectivity index (χ4v) is 2.23. The van der Waals surface area contributed by atoms with E-state index in [1.165, 1.54) is 0 Å². The zero-order valence-electron chi connectivity index (χ0n) is 11.5. The number of benzene rings is 1. The number of hydrogen-bond acceptors (Lipinski definition) is 3. The van der Waals surface area contributed by atoms with Crippen molar-refractivity contribution >= 4 is 17.4 Å². The Morgan fingerprint density at radius 1 is 1.42 bits per heavy atom. The second kappa shape index (κ2) is 5.82. The minimum Gasteiger partial charge on any atom is -0.495 e. The summed E-state index contributed by atoms with van der Waals surface area (Å²) in [7, 11) is 1.57. The van der Waals surface area contributed by atoms with Gasteiger partial charge in [0.25, 0.3) is 0 Å². The van der Waals surface area contributed by atoms with Crippen molar-refractivity contribution in [3.8, 4) is 5.75 Å². The van der Waals surface area contributed by atoms with Crippen LogP contribution in [0.15, 0.2) is 18.2 Å². The second-order valence-corrected chi connectivity index (χ2v) is 5.06. The number of nitrogen functional groups attached to an aromatic ring is 1. The Morgan fingerprint density at radius 2 is 2.11 bits per heavy atom. The number of nitrogens with two attached hydrogens (primary N) is 1. The summed E-state index contributed by atoms with van der Waals surface area (Å²) >= 11 is 0. The fourth-order valence-electron chi connectivity index (χ4n) is 2.23. The molecule has 104 valence electrons. The molecule has 0 bridgehead atoms. The number of ether oxygens (including phenoxy) is 1. The normalized spacial score (nSPS) is 16.2. The summed E-state index contributed by atoms with van der Waals surface area (Å²) in [5.41, 5.74) is 6.95. The third kappa shape index (κ3) is 3.30. The van der Waals surface area contributed by atoms with Gasteiger partial charge in [-0.15, -0.1) is 0 Å². The Balaban J connectivity index is 2.04. The molecule has 0 spiro atoms. The quantitative estimate of drug-likeness (QED) is 0.806. The Bertz CT molecular complexity index is 454. The number of nitrogens with zero attached hydrogens (tertiary/aromatic N) is 1. The van der Waals surface area contributed by atoms with Gasteiger partial charge in [-0.2, -0.15) is 0 Å². The number of rotatable bonds is 2. The van der Waals surface area contributed by atoms with Crippen molar-refractivity contribution in [2.45, 2.75) is 19.8 Å². The molecule has 1 fully saturated rings. The fraction of sp³-hybridized carbons (Fsp3) is 0.500. The van der Waals surface area contributed by atoms with Gasteiger partial charge in [0.15, 0.2) is 0 Å². The van der Waals surface area contributed by atoms with Crippen molar-refractivity contribution < 1.29 is 9.53 Å². The van der Waals surface area contributed by atoms with E-state index in [2.05, 4.69) is 12.2 Å². The van der Waals surface area contributed by atoms with Gasteiger partial charge >= 0.3 is 6.03 Å². The molecular weight excluding hydrogens is 242 g/mol. The van der Waals surface area contributed by atoms with Crippen LogP contribution in [0.4, 0.5) is 16.2 Å². The van der Waals surface area contributed by atoms with Gasteiger partial charge < -0.3 is 20.7 Å². The summed E-state index contributed by atoms with van der Waals surface area (Å²) in [4.78, 5) is 14.0. The molecule has 1 saturated heterocycles. The first kappa shape index (κ1) is 13.5. The lowest BCUT2D eigenvalue weighted by Gasteiger charge is -2.30. The Labute approximate surface area is 113 Å². The van der Waals surface area contributed by atoms with Gasteiger partial charge in [0, 0.05) is 18.8 Å². The molecule has 1 aromatic carbocycles. The van der Waals surface area contributed by atoms with Gasteiger partial charge in [0.05, 0.1) is 12.8 Å². The van der Waals surface area contributed by atoms with E-state index < -0.39 is 0 Å². The minimum atomic E-state index is -0.0872. The van der Waals surface area contributed by atoms with Gasteiger partial charge in [-0.3, -0.25) is 0 Å². The van der Waals surface area contributed by atoms with E-state index in [1.807, 2.05) is 4.90 Å². The first-order chi connectivity index (χ1) is 9.10. The number of amides is 2. The highest BCUT2D eigenvalue weighted by atomic mass is 16.5. The summed E-state index contributed by atoms with van der Waals surface area (Å²) in [6.07, 6.45) is 2.11. The maximum Gasteiger partial charge on any atom is 0.321 e. The molecule has 1 aliphatic heterocycles. The Kier molecular flexibility index (Phi) is 4.14. The number of carbonyl (C=O) groups excluding carboxylic acids is 1. The molecule has 5 nitrogen and oxygen atoms in total. The van der Waals surface area contributed by atoms with Crippen LogP contribution in [-0.4, -0.2) is 31.1 Å². The molecule has 2 amide bonds. The smallest absolute Gasteiger partial charge is 0.321 e. The third-order valence-electron chi connectivity index (χ3n) is 3.54. The standard InChI is InChI=1S/C14H21N3O2/c1-10-5-7-17(8-6-10)14(18)16-12-9-11(15)3-4-13(12)19-2/h3-4,9-10H,5-8,15H2,1-2H3,(H,16,18). The lowest BCUT2D eigenvalue weighted by atomic mass is 10.00.